The summed E-state index contributed by atoms with van der Waals surface area (Å²) in [4.78, 5) is 16.4. The minimum absolute atomic E-state index is 0.285. The monoisotopic (exact) mass is 337 g/mol. The molecule has 0 aliphatic rings. The van der Waals surface area contributed by atoms with Gasteiger partial charge in [0.05, 0.1) is 5.56 Å². The molecule has 3 aromatic rings. The van der Waals surface area contributed by atoms with Gasteiger partial charge in [-0.15, -0.1) is 0 Å². The van der Waals surface area contributed by atoms with Gasteiger partial charge < -0.3 is 4.74 Å². The van der Waals surface area contributed by atoms with E-state index in [0.29, 0.717) is 5.56 Å². The van der Waals surface area contributed by atoms with E-state index < -0.39 is 0 Å². The number of hydrogen-bond donors (Lipinski definition) is 0. The van der Waals surface area contributed by atoms with E-state index in [1.54, 1.807) is 6.07 Å². The summed E-state index contributed by atoms with van der Waals surface area (Å²) in [6.07, 6.45) is 1.81. The normalized spacial score (nSPS) is 9.32. The van der Waals surface area contributed by atoms with Gasteiger partial charge >= 0.3 is 5.97 Å². The summed E-state index contributed by atoms with van der Waals surface area (Å²) in [7, 11) is 0. The maximum absolute atomic E-state index is 12.1. The fraction of sp³-hybridized carbons (Fsp3) is 0.273. The van der Waals surface area contributed by atoms with E-state index in [1.807, 2.05) is 89.3 Å². The average Bonchev–Trinajstić information content (AvgIpc) is 2.69. The zero-order valence-electron chi connectivity index (χ0n) is 15.7. The zero-order chi connectivity index (χ0) is 18.7. The van der Waals surface area contributed by atoms with E-state index in [0.717, 1.165) is 22.0 Å². The highest BCUT2D eigenvalue weighted by atomic mass is 16.5. The molecule has 25 heavy (non-hydrogen) atoms. The van der Waals surface area contributed by atoms with E-state index in [2.05, 4.69) is 4.98 Å². The number of fused-ring (bicyclic) bond motifs is 1. The number of ether oxygens (including phenoxy) is 1. The molecule has 3 heteroatoms. The molecule has 0 aliphatic carbocycles. The van der Waals surface area contributed by atoms with Gasteiger partial charge in [-0.1, -0.05) is 64.1 Å². The summed E-state index contributed by atoms with van der Waals surface area (Å²) in [5, 5.41) is 2.01. The van der Waals surface area contributed by atoms with Crippen molar-refractivity contribution in [3.8, 4) is 0 Å². The number of carbonyl (C=O) groups is 1. The fourth-order valence-corrected chi connectivity index (χ4v) is 2.18. The summed E-state index contributed by atoms with van der Waals surface area (Å²) in [6.45, 7) is 10.2. The molecule has 1 heterocycles. The number of aromatic nitrogens is 1. The predicted molar refractivity (Wildman–Crippen MR) is 105 cm³/mol. The predicted octanol–water partition coefficient (Wildman–Crippen LogP) is 5.95. The third kappa shape index (κ3) is 6.03. The van der Waals surface area contributed by atoms with Gasteiger partial charge in [-0.2, -0.15) is 0 Å². The molecule has 132 valence electrons. The van der Waals surface area contributed by atoms with Crippen LogP contribution in [0.3, 0.4) is 0 Å². The molecular weight excluding hydrogens is 310 g/mol. The first-order valence-electron chi connectivity index (χ1n) is 8.80. The molecular formula is C22H27NO2. The molecule has 0 radical (unpaired) electrons. The van der Waals surface area contributed by atoms with E-state index in [4.69, 9.17) is 4.74 Å². The third-order valence-corrected chi connectivity index (χ3v) is 3.31. The lowest BCUT2D eigenvalue weighted by Gasteiger charge is -2.06. The minimum Gasteiger partial charge on any atom is -0.457 e. The molecule has 0 spiro atoms. The van der Waals surface area contributed by atoms with Crippen molar-refractivity contribution in [2.24, 2.45) is 0 Å². The summed E-state index contributed by atoms with van der Waals surface area (Å²) in [5.74, 6) is -0.310. The van der Waals surface area contributed by atoms with E-state index >= 15 is 0 Å². The molecule has 0 atom stereocenters. The van der Waals surface area contributed by atoms with Crippen molar-refractivity contribution in [2.45, 2.75) is 41.2 Å². The first kappa shape index (κ1) is 20.4. The largest absolute Gasteiger partial charge is 0.457 e. The molecule has 1 aromatic heterocycles. The Kier molecular flexibility index (Phi) is 8.94. The highest BCUT2D eigenvalue weighted by Gasteiger charge is 2.08. The molecule has 3 nitrogen and oxygen atoms in total. The maximum Gasteiger partial charge on any atom is 0.338 e. The second-order valence-electron chi connectivity index (χ2n) is 4.95. The van der Waals surface area contributed by atoms with Crippen molar-refractivity contribution in [3.63, 3.8) is 0 Å². The summed E-state index contributed by atoms with van der Waals surface area (Å²) >= 11 is 0. The van der Waals surface area contributed by atoms with Gasteiger partial charge in [0.2, 0.25) is 0 Å². The average molecular weight is 337 g/mol. The number of esters is 1. The molecule has 0 amide bonds. The zero-order valence-corrected chi connectivity index (χ0v) is 15.7. The quantitative estimate of drug-likeness (QED) is 0.554. The Bertz CT molecular complexity index is 782. The molecule has 0 bridgehead atoms. The first-order chi connectivity index (χ1) is 12.2. The van der Waals surface area contributed by atoms with Crippen LogP contribution in [0.25, 0.3) is 10.8 Å². The molecule has 0 N–H and O–H groups in total. The van der Waals surface area contributed by atoms with Crippen LogP contribution in [0.15, 0.2) is 60.8 Å². The SMILES string of the molecule is CC.CC.Cc1cc2cc(C(=O)OCc3ccccc3)ccc2cn1. The van der Waals surface area contributed by atoms with E-state index in [-0.39, 0.29) is 12.6 Å². The molecule has 3 rings (SSSR count). The molecule has 0 fully saturated rings. The van der Waals surface area contributed by atoms with Crippen LogP contribution in [0.4, 0.5) is 0 Å². The molecule has 0 aliphatic heterocycles. The number of rotatable bonds is 3. The Morgan fingerprint density at radius 2 is 1.60 bits per heavy atom. The maximum atomic E-state index is 12.1. The van der Waals surface area contributed by atoms with Crippen molar-refractivity contribution in [3.05, 3.63) is 77.6 Å². The molecule has 0 saturated heterocycles. The van der Waals surface area contributed by atoms with Crippen LogP contribution in [-0.2, 0) is 11.3 Å². The topological polar surface area (TPSA) is 39.2 Å². The Morgan fingerprint density at radius 3 is 2.28 bits per heavy atom. The first-order valence-corrected chi connectivity index (χ1v) is 8.80. The number of benzene rings is 2. The second-order valence-corrected chi connectivity index (χ2v) is 4.95. The third-order valence-electron chi connectivity index (χ3n) is 3.31. The summed E-state index contributed by atoms with van der Waals surface area (Å²) < 4.78 is 5.34. The van der Waals surface area contributed by atoms with Crippen LogP contribution in [0.5, 0.6) is 0 Å². The lowest BCUT2D eigenvalue weighted by Crippen LogP contribution is -2.05. The highest BCUT2D eigenvalue weighted by molar-refractivity contribution is 5.95. The summed E-state index contributed by atoms with van der Waals surface area (Å²) in [5.41, 5.74) is 2.47. The van der Waals surface area contributed by atoms with E-state index in [9.17, 15) is 4.79 Å². The Balaban J connectivity index is 0.000000730. The summed E-state index contributed by atoms with van der Waals surface area (Å²) in [6, 6.07) is 17.1. The molecule has 2 aromatic carbocycles. The number of pyridine rings is 1. The van der Waals surface area contributed by atoms with Crippen LogP contribution < -0.4 is 0 Å². The van der Waals surface area contributed by atoms with Gasteiger partial charge in [0.1, 0.15) is 6.61 Å². The standard InChI is InChI=1S/C18H15NO2.2C2H6/c1-13-9-17-10-15(7-8-16(17)11-19-13)18(20)21-12-14-5-3-2-4-6-14;2*1-2/h2-11H,12H2,1H3;2*1-2H3. The fourth-order valence-electron chi connectivity index (χ4n) is 2.18. The van der Waals surface area contributed by atoms with Crippen LogP contribution in [0, 0.1) is 6.92 Å². The highest BCUT2D eigenvalue weighted by Crippen LogP contribution is 2.17. The van der Waals surface area contributed by atoms with Crippen molar-refractivity contribution >= 4 is 16.7 Å². The molecule has 0 unspecified atom stereocenters. The van der Waals surface area contributed by atoms with Crippen LogP contribution in [0.2, 0.25) is 0 Å². The van der Waals surface area contributed by atoms with Crippen molar-refractivity contribution < 1.29 is 9.53 Å². The van der Waals surface area contributed by atoms with Crippen molar-refractivity contribution in [1.82, 2.24) is 4.98 Å². The smallest absolute Gasteiger partial charge is 0.338 e. The number of aryl methyl sites for hydroxylation is 1. The van der Waals surface area contributed by atoms with E-state index in [1.165, 1.54) is 0 Å². The Morgan fingerprint density at radius 1 is 0.920 bits per heavy atom. The van der Waals surface area contributed by atoms with Crippen molar-refractivity contribution in [2.75, 3.05) is 0 Å². The number of carbonyl (C=O) groups excluding carboxylic acids is 1. The Hall–Kier alpha value is -2.68. The Labute approximate surface area is 150 Å². The van der Waals surface area contributed by atoms with Gasteiger partial charge in [-0.25, -0.2) is 4.79 Å². The van der Waals surface area contributed by atoms with Crippen LogP contribution in [-0.4, -0.2) is 11.0 Å². The van der Waals surface area contributed by atoms with Gasteiger partial charge in [-0.3, -0.25) is 4.98 Å². The number of hydrogen-bond acceptors (Lipinski definition) is 3. The van der Waals surface area contributed by atoms with Crippen LogP contribution >= 0.6 is 0 Å². The van der Waals surface area contributed by atoms with Gasteiger partial charge in [0, 0.05) is 17.3 Å². The van der Waals surface area contributed by atoms with Crippen molar-refractivity contribution in [1.29, 1.82) is 0 Å². The van der Waals surface area contributed by atoms with Crippen LogP contribution in [0.1, 0.15) is 49.3 Å². The molecule has 0 saturated carbocycles. The van der Waals surface area contributed by atoms with Gasteiger partial charge in [-0.05, 0) is 36.1 Å². The lowest BCUT2D eigenvalue weighted by atomic mass is 10.1. The minimum atomic E-state index is -0.310. The lowest BCUT2D eigenvalue weighted by molar-refractivity contribution is 0.0473. The van der Waals surface area contributed by atoms with Gasteiger partial charge in [0.25, 0.3) is 0 Å². The van der Waals surface area contributed by atoms with Gasteiger partial charge in [0.15, 0.2) is 0 Å². The number of nitrogens with zero attached hydrogens (tertiary/aromatic N) is 1. The second kappa shape index (κ2) is 11.0.